The molecule has 12 heavy (non-hydrogen) atoms. The number of aromatic nitrogens is 5. The lowest BCUT2D eigenvalue weighted by atomic mass is 10.3. The number of hydrogen-bond donors (Lipinski definition) is 1. The van der Waals surface area contributed by atoms with Gasteiger partial charge in [-0.2, -0.15) is 10.2 Å². The van der Waals surface area contributed by atoms with Gasteiger partial charge >= 0.3 is 0 Å². The van der Waals surface area contributed by atoms with E-state index in [9.17, 15) is 0 Å². The van der Waals surface area contributed by atoms with E-state index in [0.29, 0.717) is 0 Å². The SMILES string of the molecule is CCn1ncnc1-c1cn[nH]c1. The Hall–Kier alpha value is -1.65. The van der Waals surface area contributed by atoms with Crippen LogP contribution >= 0.6 is 0 Å². The lowest BCUT2D eigenvalue weighted by Crippen LogP contribution is -1.98. The Balaban J connectivity index is 2.46. The van der Waals surface area contributed by atoms with Crippen LogP contribution in [0.25, 0.3) is 11.4 Å². The monoisotopic (exact) mass is 163 g/mol. The summed E-state index contributed by atoms with van der Waals surface area (Å²) in [5.74, 6) is 0.853. The minimum absolute atomic E-state index is 0.820. The molecular formula is C7H9N5. The Bertz CT molecular complexity index is 348. The van der Waals surface area contributed by atoms with E-state index < -0.39 is 0 Å². The molecule has 0 unspecified atom stereocenters. The summed E-state index contributed by atoms with van der Waals surface area (Å²) in [5, 5.41) is 10.6. The molecule has 2 aromatic heterocycles. The molecule has 5 nitrogen and oxygen atoms in total. The molecule has 0 bridgehead atoms. The van der Waals surface area contributed by atoms with Crippen molar-refractivity contribution in [2.75, 3.05) is 0 Å². The van der Waals surface area contributed by atoms with Crippen LogP contribution < -0.4 is 0 Å². The van der Waals surface area contributed by atoms with E-state index in [1.54, 1.807) is 18.7 Å². The third-order valence-corrected chi connectivity index (χ3v) is 1.67. The number of rotatable bonds is 2. The number of nitrogens with one attached hydrogen (secondary N) is 1. The molecule has 0 amide bonds. The summed E-state index contributed by atoms with van der Waals surface area (Å²) < 4.78 is 1.82. The Labute approximate surface area is 69.4 Å². The molecule has 5 heteroatoms. The fourth-order valence-corrected chi connectivity index (χ4v) is 1.09. The normalized spacial score (nSPS) is 10.4. The maximum Gasteiger partial charge on any atom is 0.161 e. The molecule has 0 aliphatic heterocycles. The molecule has 0 aliphatic rings. The van der Waals surface area contributed by atoms with Gasteiger partial charge in [-0.1, -0.05) is 0 Å². The third kappa shape index (κ3) is 0.990. The molecule has 0 fully saturated rings. The highest BCUT2D eigenvalue weighted by atomic mass is 15.3. The van der Waals surface area contributed by atoms with Crippen LogP contribution in [0.1, 0.15) is 6.92 Å². The minimum atomic E-state index is 0.820. The molecule has 2 heterocycles. The van der Waals surface area contributed by atoms with Gasteiger partial charge in [-0.25, -0.2) is 9.67 Å². The predicted molar refractivity (Wildman–Crippen MR) is 43.3 cm³/mol. The number of nitrogens with zero attached hydrogens (tertiary/aromatic N) is 4. The molecule has 0 atom stereocenters. The zero-order valence-electron chi connectivity index (χ0n) is 6.73. The molecule has 0 aliphatic carbocycles. The Morgan fingerprint density at radius 2 is 2.50 bits per heavy atom. The van der Waals surface area contributed by atoms with Crippen molar-refractivity contribution in [1.29, 1.82) is 0 Å². The number of H-pyrrole nitrogens is 1. The van der Waals surface area contributed by atoms with E-state index >= 15 is 0 Å². The van der Waals surface area contributed by atoms with E-state index in [1.807, 2.05) is 11.6 Å². The third-order valence-electron chi connectivity index (χ3n) is 1.67. The lowest BCUT2D eigenvalue weighted by Gasteiger charge is -1.97. The van der Waals surface area contributed by atoms with E-state index in [0.717, 1.165) is 17.9 Å². The van der Waals surface area contributed by atoms with Gasteiger partial charge in [0.2, 0.25) is 0 Å². The molecule has 0 saturated carbocycles. The first-order valence-electron chi connectivity index (χ1n) is 3.78. The second-order valence-corrected chi connectivity index (χ2v) is 2.39. The van der Waals surface area contributed by atoms with Gasteiger partial charge in [0.25, 0.3) is 0 Å². The number of aryl methyl sites for hydroxylation is 1. The Morgan fingerprint density at radius 1 is 1.58 bits per heavy atom. The standard InChI is InChI=1S/C7H9N5/c1-2-12-7(8-5-11-12)6-3-9-10-4-6/h3-5H,2H2,1H3,(H,9,10). The molecule has 0 spiro atoms. The zero-order chi connectivity index (χ0) is 8.39. The van der Waals surface area contributed by atoms with Crippen LogP contribution in [0, 0.1) is 0 Å². The van der Waals surface area contributed by atoms with Gasteiger partial charge in [0.15, 0.2) is 5.82 Å². The summed E-state index contributed by atoms with van der Waals surface area (Å²) in [6.07, 6.45) is 5.08. The van der Waals surface area contributed by atoms with Gasteiger partial charge in [0.1, 0.15) is 6.33 Å². The quantitative estimate of drug-likeness (QED) is 0.708. The molecule has 62 valence electrons. The van der Waals surface area contributed by atoms with Gasteiger partial charge in [-0.05, 0) is 6.92 Å². The van der Waals surface area contributed by atoms with Crippen molar-refractivity contribution in [3.63, 3.8) is 0 Å². The van der Waals surface area contributed by atoms with E-state index in [1.165, 1.54) is 0 Å². The fourth-order valence-electron chi connectivity index (χ4n) is 1.09. The zero-order valence-corrected chi connectivity index (χ0v) is 6.73. The summed E-state index contributed by atoms with van der Waals surface area (Å²) in [7, 11) is 0. The van der Waals surface area contributed by atoms with Crippen molar-refractivity contribution in [1.82, 2.24) is 25.0 Å². The summed E-state index contributed by atoms with van der Waals surface area (Å²) in [6.45, 7) is 2.85. The second-order valence-electron chi connectivity index (χ2n) is 2.39. The molecule has 2 rings (SSSR count). The number of hydrogen-bond acceptors (Lipinski definition) is 3. The second kappa shape index (κ2) is 2.77. The van der Waals surface area contributed by atoms with Gasteiger partial charge in [-0.15, -0.1) is 0 Å². The van der Waals surface area contributed by atoms with Gasteiger partial charge in [-0.3, -0.25) is 5.10 Å². The molecule has 0 radical (unpaired) electrons. The van der Waals surface area contributed by atoms with Crippen molar-refractivity contribution in [2.45, 2.75) is 13.5 Å². The van der Waals surface area contributed by atoms with Crippen molar-refractivity contribution in [2.24, 2.45) is 0 Å². The first-order chi connectivity index (χ1) is 5.92. The predicted octanol–water partition coefficient (Wildman–Crippen LogP) is 0.688. The number of aromatic amines is 1. The van der Waals surface area contributed by atoms with Crippen molar-refractivity contribution in [3.05, 3.63) is 18.7 Å². The molecule has 1 N–H and O–H groups in total. The summed E-state index contributed by atoms with van der Waals surface area (Å²) in [6, 6.07) is 0. The Kier molecular flexibility index (Phi) is 1.62. The highest BCUT2D eigenvalue weighted by Crippen LogP contribution is 2.12. The van der Waals surface area contributed by atoms with Crippen LogP contribution in [0.15, 0.2) is 18.7 Å². The maximum absolute atomic E-state index is 4.12. The lowest BCUT2D eigenvalue weighted by molar-refractivity contribution is 0.666. The van der Waals surface area contributed by atoms with E-state index in [4.69, 9.17) is 0 Å². The summed E-state index contributed by atoms with van der Waals surface area (Å²) >= 11 is 0. The average Bonchev–Trinajstić information content (AvgIpc) is 2.74. The molecule has 0 saturated heterocycles. The smallest absolute Gasteiger partial charge is 0.161 e. The summed E-state index contributed by atoms with van der Waals surface area (Å²) in [4.78, 5) is 4.12. The van der Waals surface area contributed by atoms with Crippen LogP contribution in [-0.4, -0.2) is 25.0 Å². The van der Waals surface area contributed by atoms with Crippen molar-refractivity contribution >= 4 is 0 Å². The van der Waals surface area contributed by atoms with E-state index in [-0.39, 0.29) is 0 Å². The van der Waals surface area contributed by atoms with Crippen molar-refractivity contribution < 1.29 is 0 Å². The van der Waals surface area contributed by atoms with Gasteiger partial charge in [0.05, 0.1) is 11.8 Å². The van der Waals surface area contributed by atoms with Crippen molar-refractivity contribution in [3.8, 4) is 11.4 Å². The van der Waals surface area contributed by atoms with Gasteiger partial charge < -0.3 is 0 Å². The molecule has 2 aromatic rings. The maximum atomic E-state index is 4.12. The highest BCUT2D eigenvalue weighted by Gasteiger charge is 2.05. The molecule has 0 aromatic carbocycles. The average molecular weight is 163 g/mol. The largest absolute Gasteiger partial charge is 0.285 e. The Morgan fingerprint density at radius 3 is 3.17 bits per heavy atom. The minimum Gasteiger partial charge on any atom is -0.285 e. The summed E-state index contributed by atoms with van der Waals surface area (Å²) in [5.41, 5.74) is 0.967. The van der Waals surface area contributed by atoms with Crippen LogP contribution in [0.3, 0.4) is 0 Å². The first-order valence-corrected chi connectivity index (χ1v) is 3.78. The van der Waals surface area contributed by atoms with Gasteiger partial charge in [0, 0.05) is 12.7 Å². The first kappa shape index (κ1) is 7.02. The van der Waals surface area contributed by atoms with Crippen LogP contribution in [0.2, 0.25) is 0 Å². The van der Waals surface area contributed by atoms with Crippen LogP contribution in [-0.2, 0) is 6.54 Å². The molecular weight excluding hydrogens is 154 g/mol. The topological polar surface area (TPSA) is 59.4 Å². The van der Waals surface area contributed by atoms with Crippen LogP contribution in [0.4, 0.5) is 0 Å². The fraction of sp³-hybridized carbons (Fsp3) is 0.286. The highest BCUT2D eigenvalue weighted by molar-refractivity contribution is 5.51. The van der Waals surface area contributed by atoms with E-state index in [2.05, 4.69) is 20.3 Å². The van der Waals surface area contributed by atoms with Crippen LogP contribution in [0.5, 0.6) is 0 Å².